The molecule has 2 rings (SSSR count). The maximum absolute atomic E-state index is 5.75. The van der Waals surface area contributed by atoms with E-state index in [1.807, 2.05) is 16.9 Å². The summed E-state index contributed by atoms with van der Waals surface area (Å²) in [4.78, 5) is 0. The Hall–Kier alpha value is -1.75. The molecule has 2 aromatic rings. The topological polar surface area (TPSA) is 52.2 Å². The van der Waals surface area contributed by atoms with Crippen molar-refractivity contribution in [2.45, 2.75) is 46.4 Å². The molecule has 0 aromatic carbocycles. The van der Waals surface area contributed by atoms with Crippen molar-refractivity contribution in [3.05, 3.63) is 36.0 Å². The van der Waals surface area contributed by atoms with Crippen LogP contribution >= 0.6 is 0 Å². The molecule has 0 spiro atoms. The molecule has 20 heavy (non-hydrogen) atoms. The Morgan fingerprint density at radius 3 is 3.05 bits per heavy atom. The van der Waals surface area contributed by atoms with Gasteiger partial charge in [-0.2, -0.15) is 5.10 Å². The van der Waals surface area contributed by atoms with Crippen molar-refractivity contribution in [2.24, 2.45) is 0 Å². The molecule has 0 saturated carbocycles. The molecular formula is C15H23N3O2. The highest BCUT2D eigenvalue weighted by Crippen LogP contribution is 2.15. The van der Waals surface area contributed by atoms with E-state index in [9.17, 15) is 0 Å². The molecule has 0 aliphatic heterocycles. The second kappa shape index (κ2) is 7.75. The summed E-state index contributed by atoms with van der Waals surface area (Å²) < 4.78 is 13.1. The number of rotatable bonds is 9. The fourth-order valence-electron chi connectivity index (χ4n) is 1.96. The van der Waals surface area contributed by atoms with Gasteiger partial charge in [-0.15, -0.1) is 0 Å². The smallest absolute Gasteiger partial charge is 0.157 e. The van der Waals surface area contributed by atoms with Gasteiger partial charge in [0.2, 0.25) is 0 Å². The minimum atomic E-state index is 0.511. The van der Waals surface area contributed by atoms with Crippen molar-refractivity contribution < 1.29 is 9.15 Å². The molecule has 2 aromatic heterocycles. The first kappa shape index (κ1) is 14.7. The highest BCUT2D eigenvalue weighted by molar-refractivity contribution is 5.18. The standard InChI is InChI=1S/C15H23N3O2/c1-3-6-16-10-15-13(5-8-19-15)12-20-14-9-17-18(11-14)7-4-2/h5,8-9,11,16H,3-4,6-7,10,12H2,1-2H3. The van der Waals surface area contributed by atoms with Gasteiger partial charge < -0.3 is 14.5 Å². The zero-order chi connectivity index (χ0) is 14.2. The normalized spacial score (nSPS) is 10.9. The zero-order valence-corrected chi connectivity index (χ0v) is 12.3. The van der Waals surface area contributed by atoms with Crippen LogP contribution in [0.3, 0.4) is 0 Å². The van der Waals surface area contributed by atoms with Crippen LogP contribution in [0, 0.1) is 0 Å². The van der Waals surface area contributed by atoms with Crippen molar-refractivity contribution in [1.82, 2.24) is 15.1 Å². The molecule has 0 unspecified atom stereocenters. The van der Waals surface area contributed by atoms with Crippen LogP contribution < -0.4 is 10.1 Å². The number of aromatic nitrogens is 2. The highest BCUT2D eigenvalue weighted by atomic mass is 16.5. The molecule has 0 amide bonds. The van der Waals surface area contributed by atoms with Crippen LogP contribution in [-0.2, 0) is 19.7 Å². The molecule has 1 N–H and O–H groups in total. The summed E-state index contributed by atoms with van der Waals surface area (Å²) in [5.41, 5.74) is 1.08. The van der Waals surface area contributed by atoms with Gasteiger partial charge in [-0.25, -0.2) is 0 Å². The molecule has 110 valence electrons. The Labute approximate surface area is 119 Å². The van der Waals surface area contributed by atoms with Gasteiger partial charge in [0.1, 0.15) is 12.4 Å². The fraction of sp³-hybridized carbons (Fsp3) is 0.533. The van der Waals surface area contributed by atoms with Crippen LogP contribution in [0.15, 0.2) is 29.1 Å². The number of ether oxygens (including phenoxy) is 1. The number of hydrogen-bond acceptors (Lipinski definition) is 4. The lowest BCUT2D eigenvalue weighted by Gasteiger charge is -2.05. The maximum atomic E-state index is 5.75. The molecule has 0 bridgehead atoms. The Morgan fingerprint density at radius 2 is 2.25 bits per heavy atom. The van der Waals surface area contributed by atoms with Crippen molar-refractivity contribution in [2.75, 3.05) is 6.54 Å². The van der Waals surface area contributed by atoms with Crippen LogP contribution in [-0.4, -0.2) is 16.3 Å². The average Bonchev–Trinajstić information content (AvgIpc) is 3.06. The van der Waals surface area contributed by atoms with E-state index in [2.05, 4.69) is 24.3 Å². The molecule has 0 aliphatic carbocycles. The first-order valence-electron chi connectivity index (χ1n) is 7.24. The van der Waals surface area contributed by atoms with Gasteiger partial charge in [0.25, 0.3) is 0 Å². The Kier molecular flexibility index (Phi) is 5.68. The van der Waals surface area contributed by atoms with E-state index >= 15 is 0 Å². The molecule has 5 nitrogen and oxygen atoms in total. The van der Waals surface area contributed by atoms with Crippen LogP contribution in [0.4, 0.5) is 0 Å². The van der Waals surface area contributed by atoms with Gasteiger partial charge in [0.15, 0.2) is 5.75 Å². The van der Waals surface area contributed by atoms with Crippen molar-refractivity contribution in [3.8, 4) is 5.75 Å². The third-order valence-electron chi connectivity index (χ3n) is 3.01. The summed E-state index contributed by atoms with van der Waals surface area (Å²) in [5, 5.41) is 7.58. The SMILES string of the molecule is CCCNCc1occc1COc1cnn(CCC)c1. The number of hydrogen-bond donors (Lipinski definition) is 1. The van der Waals surface area contributed by atoms with Crippen LogP contribution in [0.1, 0.15) is 38.0 Å². The van der Waals surface area contributed by atoms with Gasteiger partial charge in [0, 0.05) is 12.1 Å². The summed E-state index contributed by atoms with van der Waals surface area (Å²) in [6, 6.07) is 1.96. The Balaban J connectivity index is 1.85. The third-order valence-corrected chi connectivity index (χ3v) is 3.01. The van der Waals surface area contributed by atoms with E-state index in [4.69, 9.17) is 9.15 Å². The molecule has 0 saturated heterocycles. The van der Waals surface area contributed by atoms with E-state index in [-0.39, 0.29) is 0 Å². The quantitative estimate of drug-likeness (QED) is 0.716. The van der Waals surface area contributed by atoms with E-state index in [0.29, 0.717) is 6.61 Å². The Morgan fingerprint density at radius 1 is 1.35 bits per heavy atom. The second-order valence-corrected chi connectivity index (χ2v) is 4.77. The number of nitrogens with one attached hydrogen (secondary N) is 1. The number of furan rings is 1. The van der Waals surface area contributed by atoms with Crippen LogP contribution in [0.25, 0.3) is 0 Å². The largest absolute Gasteiger partial charge is 0.485 e. The van der Waals surface area contributed by atoms with Gasteiger partial charge in [-0.05, 0) is 25.5 Å². The predicted octanol–water partition coefficient (Wildman–Crippen LogP) is 2.96. The predicted molar refractivity (Wildman–Crippen MR) is 77.6 cm³/mol. The van der Waals surface area contributed by atoms with E-state index < -0.39 is 0 Å². The van der Waals surface area contributed by atoms with Crippen molar-refractivity contribution >= 4 is 0 Å². The van der Waals surface area contributed by atoms with Gasteiger partial charge in [-0.1, -0.05) is 13.8 Å². The van der Waals surface area contributed by atoms with E-state index in [1.54, 1.807) is 12.5 Å². The first-order valence-corrected chi connectivity index (χ1v) is 7.24. The van der Waals surface area contributed by atoms with Crippen LogP contribution in [0.5, 0.6) is 5.75 Å². The zero-order valence-electron chi connectivity index (χ0n) is 12.3. The molecule has 0 atom stereocenters. The lowest BCUT2D eigenvalue weighted by Crippen LogP contribution is -2.14. The average molecular weight is 277 g/mol. The lowest BCUT2D eigenvalue weighted by molar-refractivity contribution is 0.301. The van der Waals surface area contributed by atoms with Gasteiger partial charge >= 0.3 is 0 Å². The summed E-state index contributed by atoms with van der Waals surface area (Å²) in [6.45, 7) is 7.44. The fourth-order valence-corrected chi connectivity index (χ4v) is 1.96. The Bertz CT molecular complexity index is 505. The first-order chi connectivity index (χ1) is 9.83. The summed E-state index contributed by atoms with van der Waals surface area (Å²) in [5.74, 6) is 1.74. The molecule has 0 aliphatic rings. The van der Waals surface area contributed by atoms with Gasteiger partial charge in [-0.3, -0.25) is 4.68 Å². The molecule has 0 radical (unpaired) electrons. The monoisotopic (exact) mass is 277 g/mol. The van der Waals surface area contributed by atoms with Crippen molar-refractivity contribution in [3.63, 3.8) is 0 Å². The summed E-state index contributed by atoms with van der Waals surface area (Å²) >= 11 is 0. The second-order valence-electron chi connectivity index (χ2n) is 4.77. The highest BCUT2D eigenvalue weighted by Gasteiger charge is 2.07. The van der Waals surface area contributed by atoms with Crippen LogP contribution in [0.2, 0.25) is 0 Å². The number of nitrogens with zero attached hydrogens (tertiary/aromatic N) is 2. The minimum absolute atomic E-state index is 0.511. The summed E-state index contributed by atoms with van der Waals surface area (Å²) in [6.07, 6.45) is 7.57. The molecule has 5 heteroatoms. The van der Waals surface area contributed by atoms with Gasteiger partial charge in [0.05, 0.1) is 25.2 Å². The number of aryl methyl sites for hydroxylation is 1. The maximum Gasteiger partial charge on any atom is 0.157 e. The molecule has 0 fully saturated rings. The van der Waals surface area contributed by atoms with Crippen molar-refractivity contribution in [1.29, 1.82) is 0 Å². The molecule has 2 heterocycles. The van der Waals surface area contributed by atoms with E-state index in [1.165, 1.54) is 0 Å². The third kappa shape index (κ3) is 4.13. The molecular weight excluding hydrogens is 254 g/mol. The minimum Gasteiger partial charge on any atom is -0.485 e. The lowest BCUT2D eigenvalue weighted by atomic mass is 10.2. The van der Waals surface area contributed by atoms with E-state index in [0.717, 1.165) is 49.5 Å². The summed E-state index contributed by atoms with van der Waals surface area (Å²) in [7, 11) is 0.